The molecule has 5 nitrogen and oxygen atoms in total. The first-order valence-electron chi connectivity index (χ1n) is 4.68. The van der Waals surface area contributed by atoms with Crippen LogP contribution in [0.4, 0.5) is 0 Å². The molecule has 5 heteroatoms. The molecule has 0 aliphatic rings. The lowest BCUT2D eigenvalue weighted by Crippen LogP contribution is -2.17. The van der Waals surface area contributed by atoms with Crippen molar-refractivity contribution >= 4 is 5.91 Å². The highest BCUT2D eigenvalue weighted by Crippen LogP contribution is 2.15. The van der Waals surface area contributed by atoms with E-state index in [1.807, 2.05) is 0 Å². The van der Waals surface area contributed by atoms with Gasteiger partial charge in [0.05, 0.1) is 12.3 Å². The molecule has 0 spiro atoms. The minimum absolute atomic E-state index is 0.0981. The van der Waals surface area contributed by atoms with Crippen LogP contribution >= 0.6 is 0 Å². The van der Waals surface area contributed by atoms with E-state index < -0.39 is 5.91 Å². The summed E-state index contributed by atoms with van der Waals surface area (Å²) in [6.07, 6.45) is 4.07. The van der Waals surface area contributed by atoms with Crippen molar-refractivity contribution in [3.05, 3.63) is 48.0 Å². The molecule has 81 valence electrons. The lowest BCUT2D eigenvalue weighted by atomic mass is 10.2. The molecule has 1 amide bonds. The zero-order valence-electron chi connectivity index (χ0n) is 8.42. The molecule has 0 fully saturated rings. The Bertz CT molecular complexity index is 519. The van der Waals surface area contributed by atoms with E-state index in [0.717, 1.165) is 0 Å². The third kappa shape index (κ3) is 1.68. The van der Waals surface area contributed by atoms with Crippen LogP contribution in [-0.2, 0) is 6.61 Å². The maximum Gasteiger partial charge on any atom is 0.285 e. The van der Waals surface area contributed by atoms with Crippen LogP contribution in [0.5, 0.6) is 0 Å². The van der Waals surface area contributed by atoms with E-state index >= 15 is 0 Å². The molecule has 0 unspecified atom stereocenters. The second kappa shape index (κ2) is 4.16. The lowest BCUT2D eigenvalue weighted by Gasteiger charge is -2.09. The van der Waals surface area contributed by atoms with Crippen LogP contribution < -0.4 is 5.73 Å². The summed E-state index contributed by atoms with van der Waals surface area (Å²) in [5, 5.41) is 9.19. The first kappa shape index (κ1) is 10.4. The predicted molar refractivity (Wildman–Crippen MR) is 56.8 cm³/mol. The average molecular weight is 216 g/mol. The minimum Gasteiger partial charge on any atom is -0.392 e. The molecule has 3 N–H and O–H groups in total. The molecule has 2 rings (SSSR count). The second-order valence-corrected chi connectivity index (χ2v) is 3.21. The molecule has 0 saturated carbocycles. The molecular formula is C11H10N3O2. The van der Waals surface area contributed by atoms with Gasteiger partial charge < -0.3 is 10.8 Å². The molecule has 0 atom stereocenters. The standard InChI is InChI=1S/C11H10N3O2/c12-10(16)11-13-5-6-14(11)9-4-2-1-3-8(9)7-15/h1-4,6,15H,7H2,(H2,12,16). The Labute approximate surface area is 92.2 Å². The summed E-state index contributed by atoms with van der Waals surface area (Å²) in [5.74, 6) is -0.533. The molecule has 0 saturated heterocycles. The van der Waals surface area contributed by atoms with Crippen molar-refractivity contribution in [2.75, 3.05) is 0 Å². The molecule has 16 heavy (non-hydrogen) atoms. The largest absolute Gasteiger partial charge is 0.392 e. The number of carbonyl (C=O) groups is 1. The zero-order valence-corrected chi connectivity index (χ0v) is 8.42. The minimum atomic E-state index is -0.631. The van der Waals surface area contributed by atoms with Gasteiger partial charge in [-0.15, -0.1) is 0 Å². The van der Waals surface area contributed by atoms with Crippen molar-refractivity contribution in [2.45, 2.75) is 6.61 Å². The van der Waals surface area contributed by atoms with E-state index in [4.69, 9.17) is 5.73 Å². The van der Waals surface area contributed by atoms with E-state index in [9.17, 15) is 9.90 Å². The van der Waals surface area contributed by atoms with Crippen LogP contribution in [0.3, 0.4) is 0 Å². The number of carbonyl (C=O) groups excluding carboxylic acids is 1. The van der Waals surface area contributed by atoms with Crippen molar-refractivity contribution in [1.29, 1.82) is 0 Å². The fraction of sp³-hybridized carbons (Fsp3) is 0.0909. The van der Waals surface area contributed by atoms with E-state index in [-0.39, 0.29) is 12.4 Å². The third-order valence-corrected chi connectivity index (χ3v) is 2.23. The molecular weight excluding hydrogens is 206 g/mol. The third-order valence-electron chi connectivity index (χ3n) is 2.23. The van der Waals surface area contributed by atoms with Crippen molar-refractivity contribution in [3.63, 3.8) is 0 Å². The van der Waals surface area contributed by atoms with Gasteiger partial charge in [-0.3, -0.25) is 9.36 Å². The van der Waals surface area contributed by atoms with Crippen molar-refractivity contribution in [2.24, 2.45) is 5.73 Å². The van der Waals surface area contributed by atoms with Gasteiger partial charge in [-0.25, -0.2) is 4.98 Å². The maximum absolute atomic E-state index is 11.1. The Morgan fingerprint density at radius 1 is 1.50 bits per heavy atom. The molecule has 1 aromatic carbocycles. The van der Waals surface area contributed by atoms with E-state index in [0.29, 0.717) is 11.3 Å². The Morgan fingerprint density at radius 3 is 2.94 bits per heavy atom. The number of nitrogens with zero attached hydrogens (tertiary/aromatic N) is 2. The monoisotopic (exact) mass is 216 g/mol. The molecule has 2 aromatic rings. The van der Waals surface area contributed by atoms with Gasteiger partial charge >= 0.3 is 0 Å². The van der Waals surface area contributed by atoms with Crippen LogP contribution in [-0.4, -0.2) is 20.6 Å². The van der Waals surface area contributed by atoms with Crippen molar-refractivity contribution in [1.82, 2.24) is 9.55 Å². The first-order valence-corrected chi connectivity index (χ1v) is 4.68. The lowest BCUT2D eigenvalue weighted by molar-refractivity contribution is 0.0989. The number of aliphatic hydroxyl groups is 1. The van der Waals surface area contributed by atoms with Crippen molar-refractivity contribution < 1.29 is 9.90 Å². The highest BCUT2D eigenvalue weighted by molar-refractivity contribution is 5.89. The van der Waals surface area contributed by atoms with Gasteiger partial charge in [-0.1, -0.05) is 18.2 Å². The SMILES string of the molecule is NC(=O)c1n[c]cn1-c1ccccc1CO. The molecule has 1 heterocycles. The topological polar surface area (TPSA) is 81.1 Å². The van der Waals surface area contributed by atoms with Crippen LogP contribution in [0, 0.1) is 6.20 Å². The smallest absolute Gasteiger partial charge is 0.285 e. The van der Waals surface area contributed by atoms with E-state index in [1.165, 1.54) is 10.8 Å². The van der Waals surface area contributed by atoms with Gasteiger partial charge in [-0.05, 0) is 6.07 Å². The summed E-state index contributed by atoms with van der Waals surface area (Å²) in [6.45, 7) is -0.118. The number of para-hydroxylation sites is 1. The van der Waals surface area contributed by atoms with Gasteiger partial charge in [0.25, 0.3) is 5.91 Å². The predicted octanol–water partition coefficient (Wildman–Crippen LogP) is 0.264. The van der Waals surface area contributed by atoms with Crippen LogP contribution in [0.15, 0.2) is 30.5 Å². The normalized spacial score (nSPS) is 10.3. The van der Waals surface area contributed by atoms with Crippen molar-refractivity contribution in [3.8, 4) is 5.69 Å². The molecule has 1 aromatic heterocycles. The van der Waals surface area contributed by atoms with Crippen LogP contribution in [0.25, 0.3) is 5.69 Å². The zero-order chi connectivity index (χ0) is 11.5. The average Bonchev–Trinajstić information content (AvgIpc) is 2.77. The fourth-order valence-corrected chi connectivity index (χ4v) is 1.50. The quantitative estimate of drug-likeness (QED) is 0.772. The van der Waals surface area contributed by atoms with Gasteiger partial charge in [0.15, 0.2) is 0 Å². The summed E-state index contributed by atoms with van der Waals surface area (Å²) in [4.78, 5) is 14.9. The second-order valence-electron chi connectivity index (χ2n) is 3.21. The summed E-state index contributed by atoms with van der Waals surface area (Å²) in [5.41, 5.74) is 6.55. The molecule has 1 radical (unpaired) electrons. The first-order chi connectivity index (χ1) is 7.74. The number of amides is 1. The summed E-state index contributed by atoms with van der Waals surface area (Å²) in [6, 6.07) is 7.15. The number of hydrogen-bond donors (Lipinski definition) is 2. The Kier molecular flexibility index (Phi) is 2.70. The highest BCUT2D eigenvalue weighted by Gasteiger charge is 2.12. The van der Waals surface area contributed by atoms with Gasteiger partial charge in [0.1, 0.15) is 6.20 Å². The maximum atomic E-state index is 11.1. The summed E-state index contributed by atoms with van der Waals surface area (Å²) >= 11 is 0. The molecule has 0 aliphatic carbocycles. The highest BCUT2D eigenvalue weighted by atomic mass is 16.3. The van der Waals surface area contributed by atoms with Crippen LogP contribution in [0.2, 0.25) is 0 Å². The number of imidazole rings is 1. The Hall–Kier alpha value is -2.14. The number of primary amides is 1. The number of rotatable bonds is 3. The number of hydrogen-bond acceptors (Lipinski definition) is 3. The number of nitrogens with two attached hydrogens (primary N) is 1. The Balaban J connectivity index is 2.58. The summed E-state index contributed by atoms with van der Waals surface area (Å²) in [7, 11) is 0. The fourth-order valence-electron chi connectivity index (χ4n) is 1.50. The van der Waals surface area contributed by atoms with E-state index in [1.54, 1.807) is 24.3 Å². The number of aromatic nitrogens is 2. The molecule has 0 aliphatic heterocycles. The summed E-state index contributed by atoms with van der Waals surface area (Å²) < 4.78 is 1.51. The Morgan fingerprint density at radius 2 is 2.25 bits per heavy atom. The van der Waals surface area contributed by atoms with E-state index in [2.05, 4.69) is 11.2 Å². The van der Waals surface area contributed by atoms with Gasteiger partial charge in [-0.2, -0.15) is 0 Å². The number of aliphatic hydroxyl groups excluding tert-OH is 1. The van der Waals surface area contributed by atoms with Gasteiger partial charge in [0.2, 0.25) is 5.82 Å². The number of benzene rings is 1. The van der Waals surface area contributed by atoms with Crippen LogP contribution in [0.1, 0.15) is 16.2 Å². The van der Waals surface area contributed by atoms with Gasteiger partial charge in [0, 0.05) is 11.8 Å². The molecule has 0 bridgehead atoms.